The molecule has 1 N–H and O–H groups in total. The van der Waals surface area contributed by atoms with Crippen LogP contribution in [0.2, 0.25) is 0 Å². The number of rotatable bonds is 6. The molecule has 4 aromatic rings. The van der Waals surface area contributed by atoms with Crippen LogP contribution in [0.3, 0.4) is 0 Å². The molecule has 4 heteroatoms. The lowest BCUT2D eigenvalue weighted by atomic mass is 9.97. The van der Waals surface area contributed by atoms with Gasteiger partial charge < -0.3 is 19.2 Å². The van der Waals surface area contributed by atoms with E-state index in [1.807, 2.05) is 18.2 Å². The minimum absolute atomic E-state index is 0.608. The van der Waals surface area contributed by atoms with Gasteiger partial charge in [-0.05, 0) is 47.4 Å². The fourth-order valence-corrected chi connectivity index (χ4v) is 3.85. The van der Waals surface area contributed by atoms with Gasteiger partial charge in [-0.15, -0.1) is 0 Å². The van der Waals surface area contributed by atoms with Crippen LogP contribution in [0.15, 0.2) is 60.7 Å². The third-order valence-electron chi connectivity index (χ3n) is 5.23. The van der Waals surface area contributed by atoms with Crippen molar-refractivity contribution in [3.8, 4) is 28.5 Å². The summed E-state index contributed by atoms with van der Waals surface area (Å²) < 4.78 is 16.6. The van der Waals surface area contributed by atoms with Crippen LogP contribution in [0.4, 0.5) is 0 Å². The topological polar surface area (TPSA) is 43.5 Å². The van der Waals surface area contributed by atoms with E-state index < -0.39 is 0 Å². The molecule has 4 nitrogen and oxygen atoms in total. The van der Waals surface area contributed by atoms with Gasteiger partial charge in [-0.1, -0.05) is 42.5 Å². The molecule has 0 aliphatic heterocycles. The van der Waals surface area contributed by atoms with Crippen LogP contribution in [0, 0.1) is 6.92 Å². The second-order valence-electron chi connectivity index (χ2n) is 7.10. The Morgan fingerprint density at radius 2 is 1.48 bits per heavy atom. The third-order valence-corrected chi connectivity index (χ3v) is 5.23. The number of aromatic amines is 1. The van der Waals surface area contributed by atoms with E-state index in [2.05, 4.69) is 54.4 Å². The van der Waals surface area contributed by atoms with Gasteiger partial charge in [0.1, 0.15) is 0 Å². The van der Waals surface area contributed by atoms with E-state index in [4.69, 9.17) is 14.2 Å². The summed E-state index contributed by atoms with van der Waals surface area (Å²) in [6.07, 6.45) is 0.740. The van der Waals surface area contributed by atoms with Crippen LogP contribution in [0.5, 0.6) is 17.2 Å². The summed E-state index contributed by atoms with van der Waals surface area (Å²) in [5.41, 5.74) is 7.03. The first kappa shape index (κ1) is 18.9. The quantitative estimate of drug-likeness (QED) is 0.457. The SMILES string of the molecule is COc1cc(Cc2c(-c3ccccc3)[nH]c3cc(C)ccc23)cc(OC)c1OC. The average molecular weight is 387 g/mol. The normalized spacial score (nSPS) is 10.9. The molecule has 3 aromatic carbocycles. The first-order valence-corrected chi connectivity index (χ1v) is 9.60. The first-order valence-electron chi connectivity index (χ1n) is 9.60. The highest BCUT2D eigenvalue weighted by molar-refractivity contribution is 5.91. The van der Waals surface area contributed by atoms with E-state index in [1.54, 1.807) is 21.3 Å². The standard InChI is InChI=1S/C25H25NO3/c1-16-10-11-19-20(24(26-21(19)12-16)18-8-6-5-7-9-18)13-17-14-22(27-2)25(29-4)23(15-17)28-3/h5-12,14-15,26H,13H2,1-4H3. The van der Waals surface area contributed by atoms with Gasteiger partial charge in [0.25, 0.3) is 0 Å². The molecule has 1 aromatic heterocycles. The van der Waals surface area contributed by atoms with Gasteiger partial charge in [-0.3, -0.25) is 0 Å². The molecular weight excluding hydrogens is 362 g/mol. The molecule has 0 fully saturated rings. The maximum atomic E-state index is 5.54. The number of benzene rings is 3. The summed E-state index contributed by atoms with van der Waals surface area (Å²) in [7, 11) is 4.91. The zero-order valence-corrected chi connectivity index (χ0v) is 17.2. The summed E-state index contributed by atoms with van der Waals surface area (Å²) in [6, 6.07) is 21.0. The number of methoxy groups -OCH3 is 3. The van der Waals surface area contributed by atoms with Crippen molar-refractivity contribution >= 4 is 10.9 Å². The molecule has 0 amide bonds. The number of ether oxygens (including phenoxy) is 3. The Hall–Kier alpha value is -3.40. The number of aryl methyl sites for hydroxylation is 1. The monoisotopic (exact) mass is 387 g/mol. The average Bonchev–Trinajstić information content (AvgIpc) is 3.10. The number of H-pyrrole nitrogens is 1. The van der Waals surface area contributed by atoms with Crippen molar-refractivity contribution in [1.82, 2.24) is 4.98 Å². The van der Waals surface area contributed by atoms with Crippen LogP contribution in [-0.2, 0) is 6.42 Å². The highest BCUT2D eigenvalue weighted by atomic mass is 16.5. The number of hydrogen-bond acceptors (Lipinski definition) is 3. The lowest BCUT2D eigenvalue weighted by Crippen LogP contribution is -1.98. The van der Waals surface area contributed by atoms with Gasteiger partial charge in [0, 0.05) is 17.3 Å². The molecule has 0 spiro atoms. The molecule has 4 rings (SSSR count). The van der Waals surface area contributed by atoms with Crippen molar-refractivity contribution in [2.45, 2.75) is 13.3 Å². The highest BCUT2D eigenvalue weighted by Crippen LogP contribution is 2.40. The van der Waals surface area contributed by atoms with Crippen molar-refractivity contribution < 1.29 is 14.2 Å². The second-order valence-corrected chi connectivity index (χ2v) is 7.10. The fourth-order valence-electron chi connectivity index (χ4n) is 3.85. The Bertz CT molecular complexity index is 1120. The molecule has 148 valence electrons. The van der Waals surface area contributed by atoms with E-state index in [0.717, 1.165) is 23.2 Å². The molecule has 0 saturated heterocycles. The Morgan fingerprint density at radius 1 is 0.793 bits per heavy atom. The number of aromatic nitrogens is 1. The van der Waals surface area contributed by atoms with Gasteiger partial charge in [0.15, 0.2) is 11.5 Å². The van der Waals surface area contributed by atoms with E-state index in [9.17, 15) is 0 Å². The van der Waals surface area contributed by atoms with Crippen LogP contribution in [0.25, 0.3) is 22.2 Å². The largest absolute Gasteiger partial charge is 0.493 e. The van der Waals surface area contributed by atoms with Gasteiger partial charge in [-0.25, -0.2) is 0 Å². The smallest absolute Gasteiger partial charge is 0.203 e. The molecule has 1 heterocycles. The molecule has 0 unspecified atom stereocenters. The molecule has 0 aliphatic carbocycles. The van der Waals surface area contributed by atoms with E-state index >= 15 is 0 Å². The number of hydrogen-bond donors (Lipinski definition) is 1. The van der Waals surface area contributed by atoms with E-state index in [-0.39, 0.29) is 0 Å². The maximum Gasteiger partial charge on any atom is 0.203 e. The summed E-state index contributed by atoms with van der Waals surface area (Å²) in [5.74, 6) is 1.94. The summed E-state index contributed by atoms with van der Waals surface area (Å²) >= 11 is 0. The number of nitrogens with one attached hydrogen (secondary N) is 1. The fraction of sp³-hybridized carbons (Fsp3) is 0.200. The van der Waals surface area contributed by atoms with Gasteiger partial charge in [0.05, 0.1) is 27.0 Å². The highest BCUT2D eigenvalue weighted by Gasteiger charge is 2.17. The van der Waals surface area contributed by atoms with Crippen molar-refractivity contribution in [2.24, 2.45) is 0 Å². The lowest BCUT2D eigenvalue weighted by Gasteiger charge is -2.14. The Balaban J connectivity index is 1.88. The van der Waals surface area contributed by atoms with Crippen LogP contribution in [-0.4, -0.2) is 26.3 Å². The van der Waals surface area contributed by atoms with Crippen LogP contribution < -0.4 is 14.2 Å². The Morgan fingerprint density at radius 3 is 2.10 bits per heavy atom. The van der Waals surface area contributed by atoms with Crippen LogP contribution >= 0.6 is 0 Å². The minimum atomic E-state index is 0.608. The van der Waals surface area contributed by atoms with Gasteiger partial charge >= 0.3 is 0 Å². The third kappa shape index (κ3) is 3.54. The zero-order valence-electron chi connectivity index (χ0n) is 17.2. The van der Waals surface area contributed by atoms with E-state index in [1.165, 1.54) is 22.1 Å². The second kappa shape index (κ2) is 7.92. The molecule has 0 aliphatic rings. The lowest BCUT2D eigenvalue weighted by molar-refractivity contribution is 0.324. The Kier molecular flexibility index (Phi) is 5.17. The predicted molar refractivity (Wildman–Crippen MR) is 117 cm³/mol. The predicted octanol–water partition coefficient (Wildman–Crippen LogP) is 5.76. The summed E-state index contributed by atoms with van der Waals surface area (Å²) in [4.78, 5) is 3.63. The van der Waals surface area contributed by atoms with Crippen molar-refractivity contribution in [3.63, 3.8) is 0 Å². The number of fused-ring (bicyclic) bond motifs is 1. The van der Waals surface area contributed by atoms with Crippen molar-refractivity contribution in [1.29, 1.82) is 0 Å². The van der Waals surface area contributed by atoms with Crippen LogP contribution in [0.1, 0.15) is 16.7 Å². The molecular formula is C25H25NO3. The Labute approximate surface area is 171 Å². The molecule has 0 atom stereocenters. The van der Waals surface area contributed by atoms with E-state index in [0.29, 0.717) is 17.2 Å². The molecule has 0 bridgehead atoms. The molecule has 0 saturated carbocycles. The maximum absolute atomic E-state index is 5.54. The summed E-state index contributed by atoms with van der Waals surface area (Å²) in [5, 5.41) is 1.23. The molecule has 29 heavy (non-hydrogen) atoms. The molecule has 0 radical (unpaired) electrons. The first-order chi connectivity index (χ1) is 14.1. The summed E-state index contributed by atoms with van der Waals surface area (Å²) in [6.45, 7) is 2.11. The van der Waals surface area contributed by atoms with Gasteiger partial charge in [0.2, 0.25) is 5.75 Å². The van der Waals surface area contributed by atoms with Crippen molar-refractivity contribution in [2.75, 3.05) is 21.3 Å². The minimum Gasteiger partial charge on any atom is -0.493 e. The zero-order chi connectivity index (χ0) is 20.4. The van der Waals surface area contributed by atoms with Crippen molar-refractivity contribution in [3.05, 3.63) is 77.4 Å². The van der Waals surface area contributed by atoms with Gasteiger partial charge in [-0.2, -0.15) is 0 Å².